The fourth-order valence-electron chi connectivity index (χ4n) is 3.23. The number of anilines is 1. The summed E-state index contributed by atoms with van der Waals surface area (Å²) in [6.07, 6.45) is 3.18. The molecule has 2 amide bonds. The molecule has 9 nitrogen and oxygen atoms in total. The van der Waals surface area contributed by atoms with Crippen LogP contribution in [0.1, 0.15) is 21.7 Å². The molecule has 4 rings (SSSR count). The number of thioether (sulfide) groups is 1. The number of hydrazone groups is 1. The number of ether oxygens (including phenoxy) is 2. The highest BCUT2D eigenvalue weighted by Crippen LogP contribution is 2.29. The summed E-state index contributed by atoms with van der Waals surface area (Å²) in [5.41, 5.74) is 3.33. The lowest BCUT2D eigenvalue weighted by molar-refractivity contribution is 0.0996. The highest BCUT2D eigenvalue weighted by Gasteiger charge is 2.22. The molecule has 0 spiro atoms. The van der Waals surface area contributed by atoms with Gasteiger partial charge in [-0.25, -0.2) is 9.99 Å². The summed E-state index contributed by atoms with van der Waals surface area (Å²) in [5.74, 6) is 1.52. The van der Waals surface area contributed by atoms with Crippen LogP contribution in [-0.2, 0) is 6.42 Å². The molecule has 0 atom stereocenters. The zero-order valence-corrected chi connectivity index (χ0v) is 18.9. The van der Waals surface area contributed by atoms with E-state index in [1.807, 2.05) is 30.3 Å². The van der Waals surface area contributed by atoms with Crippen LogP contribution < -0.4 is 14.8 Å². The molecule has 1 aliphatic rings. The number of nitrogens with one attached hydrogen (secondary N) is 1. The number of oxazole rings is 1. The van der Waals surface area contributed by atoms with Gasteiger partial charge in [-0.05, 0) is 42.3 Å². The van der Waals surface area contributed by atoms with Crippen LogP contribution in [0, 0.1) is 0 Å². The summed E-state index contributed by atoms with van der Waals surface area (Å²) in [7, 11) is 3.17. The van der Waals surface area contributed by atoms with Crippen LogP contribution in [0.25, 0.3) is 0 Å². The van der Waals surface area contributed by atoms with Gasteiger partial charge in [0.25, 0.3) is 5.91 Å². The van der Waals surface area contributed by atoms with Crippen molar-refractivity contribution in [1.29, 1.82) is 0 Å². The van der Waals surface area contributed by atoms with Crippen molar-refractivity contribution in [3.63, 3.8) is 0 Å². The van der Waals surface area contributed by atoms with E-state index in [-0.39, 0.29) is 16.9 Å². The van der Waals surface area contributed by atoms with Crippen molar-refractivity contribution < 1.29 is 23.5 Å². The Labute approximate surface area is 194 Å². The first-order chi connectivity index (χ1) is 16.1. The Morgan fingerprint density at radius 1 is 1.15 bits per heavy atom. The quantitative estimate of drug-likeness (QED) is 0.534. The second kappa shape index (κ2) is 10.2. The topological polar surface area (TPSA) is 106 Å². The van der Waals surface area contributed by atoms with Crippen molar-refractivity contribution in [3.05, 3.63) is 71.9 Å². The summed E-state index contributed by atoms with van der Waals surface area (Å²) in [5, 5.41) is 8.72. The van der Waals surface area contributed by atoms with Crippen LogP contribution in [-0.4, -0.2) is 53.4 Å². The van der Waals surface area contributed by atoms with Crippen molar-refractivity contribution in [1.82, 2.24) is 9.99 Å². The van der Waals surface area contributed by atoms with Crippen molar-refractivity contribution in [3.8, 4) is 11.5 Å². The number of hydrogen-bond acceptors (Lipinski definition) is 8. The van der Waals surface area contributed by atoms with Gasteiger partial charge in [-0.3, -0.25) is 9.59 Å². The summed E-state index contributed by atoms with van der Waals surface area (Å²) < 4.78 is 15.6. The van der Waals surface area contributed by atoms with Gasteiger partial charge in [-0.15, -0.1) is 0 Å². The molecule has 0 bridgehead atoms. The zero-order chi connectivity index (χ0) is 23.2. The van der Waals surface area contributed by atoms with Crippen LogP contribution in [0.3, 0.4) is 0 Å². The third-order valence-electron chi connectivity index (χ3n) is 4.98. The van der Waals surface area contributed by atoms with Crippen LogP contribution in [0.15, 0.2) is 64.6 Å². The number of carbonyl (C=O) groups excluding carboxylic acids is 2. The number of nitrogens with zero attached hydrogens (tertiary/aromatic N) is 3. The number of methoxy groups -OCH3 is 2. The molecule has 0 unspecified atom stereocenters. The summed E-state index contributed by atoms with van der Waals surface area (Å²) in [6.45, 7) is 0.437. The summed E-state index contributed by atoms with van der Waals surface area (Å²) >= 11 is 1.22. The molecule has 33 heavy (non-hydrogen) atoms. The van der Waals surface area contributed by atoms with Crippen molar-refractivity contribution >= 4 is 34.3 Å². The van der Waals surface area contributed by atoms with E-state index in [0.717, 1.165) is 16.8 Å². The van der Waals surface area contributed by atoms with Gasteiger partial charge >= 0.3 is 5.24 Å². The van der Waals surface area contributed by atoms with Crippen LogP contribution >= 0.6 is 11.8 Å². The van der Waals surface area contributed by atoms with Crippen molar-refractivity contribution in [2.75, 3.05) is 31.8 Å². The maximum atomic E-state index is 12.4. The first-order valence-corrected chi connectivity index (χ1v) is 11.1. The molecule has 1 aromatic heterocycles. The van der Waals surface area contributed by atoms with E-state index >= 15 is 0 Å². The largest absolute Gasteiger partial charge is 0.493 e. The van der Waals surface area contributed by atoms with Crippen molar-refractivity contribution in [2.45, 2.75) is 6.42 Å². The Morgan fingerprint density at radius 2 is 1.94 bits per heavy atom. The average Bonchev–Trinajstić information content (AvgIpc) is 3.39. The van der Waals surface area contributed by atoms with E-state index in [2.05, 4.69) is 15.4 Å². The van der Waals surface area contributed by atoms with Gasteiger partial charge < -0.3 is 19.2 Å². The fourth-order valence-corrected chi connectivity index (χ4v) is 3.99. The lowest BCUT2D eigenvalue weighted by Gasteiger charge is -2.23. The van der Waals surface area contributed by atoms with Gasteiger partial charge in [-0.1, -0.05) is 23.9 Å². The van der Waals surface area contributed by atoms with Gasteiger partial charge in [0.2, 0.25) is 5.76 Å². The minimum Gasteiger partial charge on any atom is -0.493 e. The molecular formula is C23H22N4O5S. The molecule has 3 aromatic rings. The minimum atomic E-state index is -0.367. The first kappa shape index (κ1) is 22.4. The highest BCUT2D eigenvalue weighted by atomic mass is 32.2. The van der Waals surface area contributed by atoms with Crippen molar-refractivity contribution in [2.24, 2.45) is 5.10 Å². The van der Waals surface area contributed by atoms with Gasteiger partial charge in [0, 0.05) is 23.5 Å². The molecule has 0 radical (unpaired) electrons. The van der Waals surface area contributed by atoms with Crippen LogP contribution in [0.2, 0.25) is 0 Å². The molecule has 10 heteroatoms. The predicted octanol–water partition coefficient (Wildman–Crippen LogP) is 4.06. The lowest BCUT2D eigenvalue weighted by Crippen LogP contribution is -2.31. The van der Waals surface area contributed by atoms with E-state index in [1.165, 1.54) is 29.4 Å². The van der Waals surface area contributed by atoms with Crippen LogP contribution in [0.4, 0.5) is 10.5 Å². The standard InChI is InChI=1S/C23H22N4O5S/c1-30-19-8-5-16(11-20(19)31-2)18-13-33-23(29)27(26-18)10-9-15-3-6-17(7-4-15)25-22(28)21-12-24-14-32-21/h3-8,11-12,14H,9-10,13H2,1-2H3,(H,25,28). The molecule has 1 aliphatic heterocycles. The SMILES string of the molecule is COc1ccc(C2=NN(CCc3ccc(NC(=O)c4cnco4)cc3)C(=O)SC2)cc1OC. The molecule has 0 saturated carbocycles. The average molecular weight is 467 g/mol. The fraction of sp³-hybridized carbons (Fsp3) is 0.217. The lowest BCUT2D eigenvalue weighted by atomic mass is 10.1. The molecule has 170 valence electrons. The van der Waals surface area contributed by atoms with E-state index in [0.29, 0.717) is 35.9 Å². The highest BCUT2D eigenvalue weighted by molar-refractivity contribution is 8.14. The van der Waals surface area contributed by atoms with E-state index in [4.69, 9.17) is 13.9 Å². The zero-order valence-electron chi connectivity index (χ0n) is 18.1. The second-order valence-corrected chi connectivity index (χ2v) is 7.99. The number of aromatic nitrogens is 1. The summed E-state index contributed by atoms with van der Waals surface area (Å²) in [6, 6.07) is 13.0. The van der Waals surface area contributed by atoms with Gasteiger partial charge in [0.1, 0.15) is 0 Å². The van der Waals surface area contributed by atoms with Gasteiger partial charge in [0.15, 0.2) is 17.9 Å². The Bertz CT molecular complexity index is 1160. The molecular weight excluding hydrogens is 444 g/mol. The Morgan fingerprint density at radius 3 is 2.64 bits per heavy atom. The molecule has 0 saturated heterocycles. The van der Waals surface area contributed by atoms with E-state index in [9.17, 15) is 9.59 Å². The molecule has 2 heterocycles. The minimum absolute atomic E-state index is 0.0878. The Hall–Kier alpha value is -3.79. The maximum Gasteiger partial charge on any atom is 0.302 e. The first-order valence-electron chi connectivity index (χ1n) is 10.1. The number of amides is 2. The number of rotatable bonds is 8. The molecule has 2 aromatic carbocycles. The van der Waals surface area contributed by atoms with Gasteiger partial charge in [0.05, 0.1) is 26.1 Å². The molecule has 0 fully saturated rings. The van der Waals surface area contributed by atoms with Crippen LogP contribution in [0.5, 0.6) is 11.5 Å². The van der Waals surface area contributed by atoms with Gasteiger partial charge in [-0.2, -0.15) is 5.10 Å². The normalized spacial score (nSPS) is 13.5. The maximum absolute atomic E-state index is 12.4. The Balaban J connectivity index is 1.40. The third-order valence-corrected chi connectivity index (χ3v) is 5.86. The van der Waals surface area contributed by atoms with E-state index < -0.39 is 0 Å². The number of benzene rings is 2. The predicted molar refractivity (Wildman–Crippen MR) is 125 cm³/mol. The Kier molecular flexibility index (Phi) is 6.94. The van der Waals surface area contributed by atoms with E-state index in [1.54, 1.807) is 26.4 Å². The number of hydrogen-bond donors (Lipinski definition) is 1. The smallest absolute Gasteiger partial charge is 0.302 e. The molecule has 0 aliphatic carbocycles. The number of carbonyl (C=O) groups is 2. The second-order valence-electron chi connectivity index (χ2n) is 7.06. The molecule has 1 N–H and O–H groups in total. The third kappa shape index (κ3) is 5.35. The summed E-state index contributed by atoms with van der Waals surface area (Å²) in [4.78, 5) is 28.1. The monoisotopic (exact) mass is 466 g/mol.